The molecule has 0 spiro atoms. The molecule has 0 aliphatic heterocycles. The van der Waals surface area contributed by atoms with E-state index in [1.165, 1.54) is 0 Å². The molecule has 1 fully saturated rings. The first kappa shape index (κ1) is 28.2. The molecule has 2 amide bonds. The highest BCUT2D eigenvalue weighted by Crippen LogP contribution is 2.49. The largest absolute Gasteiger partial charge is 0.494 e. The smallest absolute Gasteiger partial charge is 0.416 e. The first-order chi connectivity index (χ1) is 18.2. The fourth-order valence-corrected chi connectivity index (χ4v) is 4.43. The molecule has 2 N–H and O–H groups in total. The van der Waals surface area contributed by atoms with Crippen LogP contribution in [0.5, 0.6) is 5.75 Å². The first-order valence-corrected chi connectivity index (χ1v) is 11.6. The van der Waals surface area contributed by atoms with Crippen LogP contribution in [0.4, 0.5) is 39.9 Å². The van der Waals surface area contributed by atoms with Crippen molar-refractivity contribution in [1.82, 2.24) is 10.6 Å². The summed E-state index contributed by atoms with van der Waals surface area (Å²) < 4.78 is 116. The van der Waals surface area contributed by atoms with Gasteiger partial charge in [0.2, 0.25) is 0 Å². The molecule has 4 nitrogen and oxygen atoms in total. The van der Waals surface area contributed by atoms with Gasteiger partial charge in [-0.05, 0) is 59.9 Å². The van der Waals surface area contributed by atoms with E-state index in [9.17, 15) is 39.9 Å². The number of halogens is 8. The summed E-state index contributed by atoms with van der Waals surface area (Å²) in [4.78, 5) is 13.1. The van der Waals surface area contributed by atoms with E-state index >= 15 is 0 Å². The third kappa shape index (κ3) is 5.79. The lowest BCUT2D eigenvalue weighted by Gasteiger charge is -2.37. The predicted octanol–water partition coefficient (Wildman–Crippen LogP) is 6.87. The summed E-state index contributed by atoms with van der Waals surface area (Å²) in [5.41, 5.74) is -6.06. The maximum absolute atomic E-state index is 14.7. The molecule has 1 aliphatic carbocycles. The van der Waals surface area contributed by atoms with E-state index in [1.807, 2.05) is 5.32 Å². The van der Waals surface area contributed by atoms with Crippen LogP contribution in [-0.2, 0) is 18.1 Å². The summed E-state index contributed by atoms with van der Waals surface area (Å²) >= 11 is 0. The minimum absolute atomic E-state index is 0.0599. The summed E-state index contributed by atoms with van der Waals surface area (Å²) in [6, 6.07) is 11.4. The highest BCUT2D eigenvalue weighted by molar-refractivity contribution is 5.78. The zero-order chi connectivity index (χ0) is 28.6. The molecule has 1 atom stereocenters. The molecule has 1 aliphatic rings. The van der Waals surface area contributed by atoms with Gasteiger partial charge in [0.15, 0.2) is 11.6 Å². The Morgan fingerprint density at radius 2 is 1.51 bits per heavy atom. The number of benzene rings is 3. The molecular weight excluding hydrogens is 536 g/mol. The van der Waals surface area contributed by atoms with Gasteiger partial charge >= 0.3 is 18.4 Å². The number of amides is 2. The molecule has 39 heavy (non-hydrogen) atoms. The van der Waals surface area contributed by atoms with Crippen LogP contribution in [0.3, 0.4) is 0 Å². The normalized spacial score (nSPS) is 16.2. The summed E-state index contributed by atoms with van der Waals surface area (Å²) in [6.45, 7) is 0. The summed E-state index contributed by atoms with van der Waals surface area (Å²) in [5.74, 6) is -2.50. The zero-order valence-corrected chi connectivity index (χ0v) is 20.3. The van der Waals surface area contributed by atoms with Gasteiger partial charge in [-0.2, -0.15) is 26.3 Å². The van der Waals surface area contributed by atoms with Gasteiger partial charge in [-0.1, -0.05) is 36.4 Å². The molecule has 208 valence electrons. The topological polar surface area (TPSA) is 50.4 Å². The number of ether oxygens (including phenoxy) is 1. The minimum Gasteiger partial charge on any atom is -0.494 e. The number of carbonyl (C=O) groups excluding carboxylic acids is 1. The number of rotatable bonds is 7. The maximum Gasteiger partial charge on any atom is 0.416 e. The van der Waals surface area contributed by atoms with Gasteiger partial charge in [0.05, 0.1) is 18.2 Å². The van der Waals surface area contributed by atoms with Gasteiger partial charge in [-0.3, -0.25) is 0 Å². The van der Waals surface area contributed by atoms with Crippen LogP contribution in [0.25, 0.3) is 0 Å². The van der Waals surface area contributed by atoms with Crippen molar-refractivity contribution in [2.24, 2.45) is 0 Å². The van der Waals surface area contributed by atoms with Crippen molar-refractivity contribution >= 4 is 6.03 Å². The number of methoxy groups -OCH3 is 1. The van der Waals surface area contributed by atoms with E-state index < -0.39 is 65.1 Å². The molecule has 1 unspecified atom stereocenters. The summed E-state index contributed by atoms with van der Waals surface area (Å²) in [6.07, 6.45) is -10.9. The number of carbonyl (C=O) groups is 1. The molecule has 0 bridgehead atoms. The predicted molar refractivity (Wildman–Crippen MR) is 125 cm³/mol. The van der Waals surface area contributed by atoms with E-state index in [0.29, 0.717) is 11.6 Å². The number of urea groups is 1. The second kappa shape index (κ2) is 10.0. The number of nitrogens with one attached hydrogen (secondary N) is 2. The van der Waals surface area contributed by atoms with Crippen molar-refractivity contribution in [2.45, 2.75) is 42.7 Å². The van der Waals surface area contributed by atoms with Gasteiger partial charge in [-0.25, -0.2) is 13.6 Å². The molecular formula is C27H22F8N2O2. The highest BCUT2D eigenvalue weighted by Gasteiger charge is 2.64. The average Bonchev–Trinajstić information content (AvgIpc) is 3.64. The molecule has 4 rings (SSSR count). The number of hydrogen-bond acceptors (Lipinski definition) is 2. The van der Waals surface area contributed by atoms with Crippen molar-refractivity contribution < 1.29 is 44.7 Å². The fourth-order valence-electron chi connectivity index (χ4n) is 4.43. The van der Waals surface area contributed by atoms with Gasteiger partial charge in [0.1, 0.15) is 11.4 Å². The molecule has 0 saturated heterocycles. The lowest BCUT2D eigenvalue weighted by molar-refractivity contribution is -0.162. The van der Waals surface area contributed by atoms with Gasteiger partial charge in [0.25, 0.3) is 0 Å². The van der Waals surface area contributed by atoms with Crippen LogP contribution in [0.1, 0.15) is 35.1 Å². The fraction of sp³-hybridized carbons (Fsp3) is 0.296. The van der Waals surface area contributed by atoms with Crippen LogP contribution < -0.4 is 15.4 Å². The van der Waals surface area contributed by atoms with Gasteiger partial charge in [0, 0.05) is 6.42 Å². The van der Waals surface area contributed by atoms with E-state index in [4.69, 9.17) is 4.74 Å². The molecule has 3 aromatic carbocycles. The molecule has 1 saturated carbocycles. The second-order valence-corrected chi connectivity index (χ2v) is 9.30. The van der Waals surface area contributed by atoms with E-state index in [1.54, 1.807) is 30.3 Å². The Hall–Kier alpha value is -3.83. The lowest BCUT2D eigenvalue weighted by atomic mass is 9.77. The van der Waals surface area contributed by atoms with Crippen LogP contribution in [0.15, 0.2) is 66.7 Å². The summed E-state index contributed by atoms with van der Waals surface area (Å²) in [7, 11) is 1.13. The van der Waals surface area contributed by atoms with Crippen molar-refractivity contribution in [3.8, 4) is 5.75 Å². The van der Waals surface area contributed by atoms with E-state index in [2.05, 4.69) is 5.32 Å². The molecule has 0 radical (unpaired) electrons. The third-order valence-electron chi connectivity index (χ3n) is 6.65. The van der Waals surface area contributed by atoms with Crippen LogP contribution in [0, 0.1) is 11.6 Å². The highest BCUT2D eigenvalue weighted by atomic mass is 19.4. The van der Waals surface area contributed by atoms with Gasteiger partial charge < -0.3 is 15.4 Å². The van der Waals surface area contributed by atoms with Crippen molar-refractivity contribution in [3.63, 3.8) is 0 Å². The zero-order valence-electron chi connectivity index (χ0n) is 20.3. The molecule has 12 heteroatoms. The third-order valence-corrected chi connectivity index (χ3v) is 6.65. The number of alkyl halides is 6. The Balaban J connectivity index is 1.95. The Kier molecular flexibility index (Phi) is 7.26. The monoisotopic (exact) mass is 558 g/mol. The van der Waals surface area contributed by atoms with Crippen molar-refractivity contribution in [3.05, 3.63) is 101 Å². The Labute approximate surface area is 218 Å². The van der Waals surface area contributed by atoms with Crippen molar-refractivity contribution in [1.29, 1.82) is 0 Å². The standard InChI is InChI=1S/C27H22F8N2O2/c1-39-22-14-17(7-8-21(22)29)25(15-16-5-3-2-4-6-16,18-11-19(26(30,31)32)13-20(28)12-18)37-23(38)36-24(9-10-24)27(33,34)35/h2-8,11-14H,9-10,15H2,1H3,(H2,36,37,38). The van der Waals surface area contributed by atoms with Crippen LogP contribution in [-0.4, -0.2) is 24.9 Å². The van der Waals surface area contributed by atoms with Gasteiger partial charge in [-0.15, -0.1) is 0 Å². The summed E-state index contributed by atoms with van der Waals surface area (Å²) in [5, 5.41) is 4.29. The molecule has 0 heterocycles. The van der Waals surface area contributed by atoms with E-state index in [-0.39, 0.29) is 23.8 Å². The van der Waals surface area contributed by atoms with Crippen LogP contribution >= 0.6 is 0 Å². The maximum atomic E-state index is 14.7. The van der Waals surface area contributed by atoms with E-state index in [0.717, 1.165) is 31.4 Å². The number of hydrogen-bond donors (Lipinski definition) is 2. The van der Waals surface area contributed by atoms with Crippen LogP contribution in [0.2, 0.25) is 0 Å². The Bertz CT molecular complexity index is 1350. The average molecular weight is 558 g/mol. The molecule has 0 aromatic heterocycles. The minimum atomic E-state index is -4.99. The van der Waals surface area contributed by atoms with Crippen molar-refractivity contribution in [2.75, 3.05) is 7.11 Å². The Morgan fingerprint density at radius 1 is 0.872 bits per heavy atom. The SMILES string of the molecule is COc1cc(C(Cc2ccccc2)(NC(=O)NC2(C(F)(F)F)CC2)c2cc(F)cc(C(F)(F)F)c2)ccc1F. The molecule has 3 aromatic rings. The first-order valence-electron chi connectivity index (χ1n) is 11.6. The Morgan fingerprint density at radius 3 is 2.08 bits per heavy atom. The lowest BCUT2D eigenvalue weighted by Crippen LogP contribution is -2.57. The second-order valence-electron chi connectivity index (χ2n) is 9.30. The quantitative estimate of drug-likeness (QED) is 0.311.